The molecule has 0 atom stereocenters. The molecule has 1 aliphatic heterocycles. The summed E-state index contributed by atoms with van der Waals surface area (Å²) in [5, 5.41) is 3.03. The van der Waals surface area contributed by atoms with E-state index in [2.05, 4.69) is 24.1 Å². The fourth-order valence-corrected chi connectivity index (χ4v) is 3.77. The number of anilines is 1. The Bertz CT molecular complexity index is 1000. The van der Waals surface area contributed by atoms with Gasteiger partial charge in [0.2, 0.25) is 11.8 Å². The van der Waals surface area contributed by atoms with Crippen molar-refractivity contribution in [2.45, 2.75) is 38.0 Å². The Morgan fingerprint density at radius 2 is 1.73 bits per heavy atom. The number of halogens is 1. The highest BCUT2D eigenvalue weighted by Crippen LogP contribution is 2.36. The third-order valence-electron chi connectivity index (χ3n) is 5.66. The number of nitrogens with one attached hydrogen (secondary N) is 1. The Kier molecular flexibility index (Phi) is 5.68. The number of rotatable bonds is 5. The molecule has 4 rings (SSSR count). The number of oxazole rings is 1. The molecule has 2 heterocycles. The zero-order chi connectivity index (χ0) is 21.1. The van der Waals surface area contributed by atoms with Gasteiger partial charge in [0.05, 0.1) is 11.6 Å². The van der Waals surface area contributed by atoms with Crippen LogP contribution in [-0.4, -0.2) is 24.1 Å². The Labute approximate surface area is 175 Å². The molecular weight excluding hydrogens is 383 g/mol. The lowest BCUT2D eigenvalue weighted by Gasteiger charge is -2.36. The van der Waals surface area contributed by atoms with Gasteiger partial charge in [-0.3, -0.25) is 4.79 Å². The van der Waals surface area contributed by atoms with Crippen LogP contribution in [0.15, 0.2) is 59.1 Å². The number of hydrogen-bond donors (Lipinski definition) is 1. The van der Waals surface area contributed by atoms with E-state index in [9.17, 15) is 9.18 Å². The minimum atomic E-state index is -0.737. The van der Waals surface area contributed by atoms with Crippen molar-refractivity contribution < 1.29 is 18.3 Å². The lowest BCUT2D eigenvalue weighted by molar-refractivity contribution is -0.125. The van der Waals surface area contributed by atoms with E-state index in [1.807, 2.05) is 24.3 Å². The SMILES string of the molecule is CC(C)c1cnc(-c2ccc(NC(=O)C3(c4ccc(F)cc4)CCOCC3)cc2)o1. The number of carbonyl (C=O) groups excluding carboxylic acids is 1. The second-order valence-corrected chi connectivity index (χ2v) is 7.96. The van der Waals surface area contributed by atoms with Crippen molar-refractivity contribution in [3.05, 3.63) is 71.9 Å². The molecule has 0 aliphatic carbocycles. The summed E-state index contributed by atoms with van der Waals surface area (Å²) < 4.78 is 24.7. The summed E-state index contributed by atoms with van der Waals surface area (Å²) in [6.45, 7) is 5.09. The second-order valence-electron chi connectivity index (χ2n) is 7.96. The number of nitrogens with zero attached hydrogens (tertiary/aromatic N) is 1. The predicted molar refractivity (Wildman–Crippen MR) is 113 cm³/mol. The van der Waals surface area contributed by atoms with Crippen LogP contribution in [0.5, 0.6) is 0 Å². The summed E-state index contributed by atoms with van der Waals surface area (Å²) in [6.07, 6.45) is 2.85. The van der Waals surface area contributed by atoms with Gasteiger partial charge in [-0.05, 0) is 54.8 Å². The predicted octanol–water partition coefficient (Wildman–Crippen LogP) is 5.29. The van der Waals surface area contributed by atoms with Crippen LogP contribution in [0.1, 0.15) is 43.9 Å². The minimum Gasteiger partial charge on any atom is -0.441 e. The molecule has 6 heteroatoms. The molecule has 5 nitrogen and oxygen atoms in total. The molecular formula is C24H25FN2O3. The fourth-order valence-electron chi connectivity index (χ4n) is 3.77. The van der Waals surface area contributed by atoms with E-state index in [1.54, 1.807) is 18.3 Å². The highest BCUT2D eigenvalue weighted by atomic mass is 19.1. The molecule has 1 fully saturated rings. The zero-order valence-corrected chi connectivity index (χ0v) is 17.2. The van der Waals surface area contributed by atoms with Gasteiger partial charge in [0.25, 0.3) is 0 Å². The summed E-state index contributed by atoms with van der Waals surface area (Å²) >= 11 is 0. The molecule has 30 heavy (non-hydrogen) atoms. The first-order valence-electron chi connectivity index (χ1n) is 10.2. The molecule has 0 spiro atoms. The molecule has 0 radical (unpaired) electrons. The van der Waals surface area contributed by atoms with E-state index in [4.69, 9.17) is 9.15 Å². The highest BCUT2D eigenvalue weighted by Gasteiger charge is 2.41. The lowest BCUT2D eigenvalue weighted by atomic mass is 9.73. The van der Waals surface area contributed by atoms with Crippen molar-refractivity contribution in [3.63, 3.8) is 0 Å². The Morgan fingerprint density at radius 3 is 2.33 bits per heavy atom. The normalized spacial score (nSPS) is 15.9. The van der Waals surface area contributed by atoms with Gasteiger partial charge in [0.1, 0.15) is 11.6 Å². The van der Waals surface area contributed by atoms with E-state index in [-0.39, 0.29) is 17.6 Å². The molecule has 0 bridgehead atoms. The average molecular weight is 408 g/mol. The van der Waals surface area contributed by atoms with Crippen LogP contribution >= 0.6 is 0 Å². The molecule has 1 saturated heterocycles. The second kappa shape index (κ2) is 8.40. The third kappa shape index (κ3) is 4.00. The van der Waals surface area contributed by atoms with Gasteiger partial charge in [-0.25, -0.2) is 9.37 Å². The summed E-state index contributed by atoms with van der Waals surface area (Å²) in [7, 11) is 0. The van der Waals surface area contributed by atoms with Gasteiger partial charge in [-0.2, -0.15) is 0 Å². The monoisotopic (exact) mass is 408 g/mol. The van der Waals surface area contributed by atoms with Crippen LogP contribution in [0.3, 0.4) is 0 Å². The van der Waals surface area contributed by atoms with Gasteiger partial charge in [-0.1, -0.05) is 26.0 Å². The molecule has 1 N–H and O–H groups in total. The summed E-state index contributed by atoms with van der Waals surface area (Å²) in [5.41, 5.74) is 1.60. The van der Waals surface area contributed by atoms with Crippen molar-refractivity contribution in [1.82, 2.24) is 4.98 Å². The van der Waals surface area contributed by atoms with Crippen molar-refractivity contribution in [1.29, 1.82) is 0 Å². The molecule has 1 amide bonds. The van der Waals surface area contributed by atoms with Crippen LogP contribution in [0, 0.1) is 5.82 Å². The highest BCUT2D eigenvalue weighted by molar-refractivity contribution is 5.99. The van der Waals surface area contributed by atoms with Crippen molar-refractivity contribution in [3.8, 4) is 11.5 Å². The number of ether oxygens (including phenoxy) is 1. The van der Waals surface area contributed by atoms with Gasteiger partial charge < -0.3 is 14.5 Å². The van der Waals surface area contributed by atoms with Crippen molar-refractivity contribution in [2.24, 2.45) is 0 Å². The number of amides is 1. The van der Waals surface area contributed by atoms with Gasteiger partial charge in [0, 0.05) is 30.4 Å². The maximum atomic E-state index is 13.4. The molecule has 2 aromatic carbocycles. The molecule has 1 aliphatic rings. The number of carbonyl (C=O) groups is 1. The maximum absolute atomic E-state index is 13.4. The first-order valence-corrected chi connectivity index (χ1v) is 10.2. The van der Waals surface area contributed by atoms with E-state index in [0.717, 1.165) is 16.9 Å². The summed E-state index contributed by atoms with van der Waals surface area (Å²) in [5.74, 6) is 1.24. The zero-order valence-electron chi connectivity index (χ0n) is 17.2. The Balaban J connectivity index is 1.54. The summed E-state index contributed by atoms with van der Waals surface area (Å²) in [6, 6.07) is 13.6. The minimum absolute atomic E-state index is 0.108. The smallest absolute Gasteiger partial charge is 0.235 e. The van der Waals surface area contributed by atoms with Gasteiger partial charge in [0.15, 0.2) is 0 Å². The largest absolute Gasteiger partial charge is 0.441 e. The number of hydrogen-bond acceptors (Lipinski definition) is 4. The van der Waals surface area contributed by atoms with Crippen LogP contribution in [-0.2, 0) is 14.9 Å². The topological polar surface area (TPSA) is 64.4 Å². The standard InChI is InChI=1S/C24H25FN2O3/c1-16(2)21-15-26-22(30-21)17-3-9-20(10-4-17)27-23(28)24(11-13-29-14-12-24)18-5-7-19(25)8-6-18/h3-10,15-16H,11-14H2,1-2H3,(H,27,28). The van der Waals surface area contributed by atoms with E-state index in [1.165, 1.54) is 12.1 Å². The van der Waals surface area contributed by atoms with Crippen LogP contribution in [0.25, 0.3) is 11.5 Å². The first-order chi connectivity index (χ1) is 14.5. The molecule has 0 saturated carbocycles. The van der Waals surface area contributed by atoms with E-state index >= 15 is 0 Å². The van der Waals surface area contributed by atoms with Crippen LogP contribution in [0.2, 0.25) is 0 Å². The van der Waals surface area contributed by atoms with E-state index < -0.39 is 5.41 Å². The molecule has 0 unspecified atom stereocenters. The van der Waals surface area contributed by atoms with Crippen molar-refractivity contribution >= 4 is 11.6 Å². The Hall–Kier alpha value is -2.99. The summed E-state index contributed by atoms with van der Waals surface area (Å²) in [4.78, 5) is 17.6. The number of aromatic nitrogens is 1. The fraction of sp³-hybridized carbons (Fsp3) is 0.333. The van der Waals surface area contributed by atoms with E-state index in [0.29, 0.717) is 37.6 Å². The maximum Gasteiger partial charge on any atom is 0.235 e. The quantitative estimate of drug-likeness (QED) is 0.623. The van der Waals surface area contributed by atoms with Crippen LogP contribution in [0.4, 0.5) is 10.1 Å². The molecule has 156 valence electrons. The van der Waals surface area contributed by atoms with Crippen molar-refractivity contribution in [2.75, 3.05) is 18.5 Å². The average Bonchev–Trinajstić information content (AvgIpc) is 3.26. The molecule has 1 aromatic heterocycles. The van der Waals surface area contributed by atoms with Gasteiger partial charge >= 0.3 is 0 Å². The Morgan fingerprint density at radius 1 is 1.07 bits per heavy atom. The third-order valence-corrected chi connectivity index (χ3v) is 5.66. The first kappa shape index (κ1) is 20.3. The van der Waals surface area contributed by atoms with Gasteiger partial charge in [-0.15, -0.1) is 0 Å². The number of benzene rings is 2. The van der Waals surface area contributed by atoms with Crippen LogP contribution < -0.4 is 5.32 Å². The molecule has 3 aromatic rings. The lowest BCUT2D eigenvalue weighted by Crippen LogP contribution is -2.44.